The first-order valence-corrected chi connectivity index (χ1v) is 27.1. The summed E-state index contributed by atoms with van der Waals surface area (Å²) in [6.07, 6.45) is 3.75. The Balaban J connectivity index is 0.899. The van der Waals surface area contributed by atoms with E-state index in [9.17, 15) is 40.1 Å². The Morgan fingerprint density at radius 3 is 1.90 bits per heavy atom. The number of ether oxygens (including phenoxy) is 4. The maximum atomic E-state index is 15.3. The predicted octanol–water partition coefficient (Wildman–Crippen LogP) is 11.2. The van der Waals surface area contributed by atoms with E-state index in [1.165, 1.54) is 0 Å². The zero-order chi connectivity index (χ0) is 49.0. The van der Waals surface area contributed by atoms with Crippen molar-refractivity contribution >= 4 is 45.6 Å². The second-order valence-electron chi connectivity index (χ2n) is 23.5. The van der Waals surface area contributed by atoms with E-state index >= 15 is 8.78 Å². The third-order valence-electron chi connectivity index (χ3n) is 17.2. The summed E-state index contributed by atoms with van der Waals surface area (Å²) >= 11 is 3.44. The summed E-state index contributed by atoms with van der Waals surface area (Å²) in [6.45, 7) is 9.75. The molecule has 2 aromatic carbocycles. The molecule has 0 aromatic heterocycles. The Hall–Kier alpha value is -2.51. The third kappa shape index (κ3) is 7.61. The molecule has 2 saturated heterocycles. The topological polar surface area (TPSA) is 125 Å². The molecule has 1 N–H and O–H groups in total. The molecule has 8 bridgehead atoms. The Morgan fingerprint density at radius 1 is 0.779 bits per heavy atom. The fraction of sp³-hybridized carbons (Fsp3) is 0.720. The van der Waals surface area contributed by atoms with Crippen molar-refractivity contribution < 1.29 is 67.8 Å². The van der Waals surface area contributed by atoms with Gasteiger partial charge in [0.15, 0.2) is 5.79 Å². The third-order valence-corrected chi connectivity index (χ3v) is 22.2. The number of alkyl halides is 6. The number of hydrogen-bond acceptors (Lipinski definition) is 10. The molecule has 68 heavy (non-hydrogen) atoms. The molecule has 2 aromatic rings. The van der Waals surface area contributed by atoms with Crippen molar-refractivity contribution in [2.45, 2.75) is 154 Å². The van der Waals surface area contributed by atoms with Crippen LogP contribution in [0.25, 0.3) is 11.1 Å². The molecule has 6 unspecified atom stereocenters. The average molecular weight is 1020 g/mol. The maximum absolute atomic E-state index is 15.3. The molecule has 2 heterocycles. The highest BCUT2D eigenvalue weighted by Gasteiger charge is 2.73. The minimum Gasteiger partial charge on any atom is -0.464 e. The molecule has 6 atom stereocenters. The lowest BCUT2D eigenvalue weighted by Gasteiger charge is -2.66. The lowest BCUT2D eigenvalue weighted by molar-refractivity contribution is -0.345. The summed E-state index contributed by atoms with van der Waals surface area (Å²) in [4.78, 5) is 27.7. The van der Waals surface area contributed by atoms with Gasteiger partial charge in [0.05, 0.1) is 9.49 Å². The number of benzene rings is 2. The maximum Gasteiger partial charge on any atom is 0.465 e. The van der Waals surface area contributed by atoms with Gasteiger partial charge >= 0.3 is 39.2 Å². The van der Waals surface area contributed by atoms with Gasteiger partial charge in [-0.1, -0.05) is 84.0 Å². The van der Waals surface area contributed by atoms with Crippen LogP contribution in [0.5, 0.6) is 0 Å². The van der Waals surface area contributed by atoms with Crippen molar-refractivity contribution in [3.63, 3.8) is 0 Å². The number of carbonyl (C=O) groups is 2. The van der Waals surface area contributed by atoms with E-state index in [1.54, 1.807) is 23.5 Å². The zero-order valence-electron chi connectivity index (χ0n) is 39.1. The van der Waals surface area contributed by atoms with Crippen LogP contribution in [0.1, 0.15) is 122 Å². The number of halogens is 6. The van der Waals surface area contributed by atoms with Gasteiger partial charge in [0.1, 0.15) is 25.4 Å². The van der Waals surface area contributed by atoms with Crippen LogP contribution >= 0.6 is 23.5 Å². The lowest BCUT2D eigenvalue weighted by Crippen LogP contribution is -2.66. The van der Waals surface area contributed by atoms with Gasteiger partial charge in [-0.3, -0.25) is 9.35 Å². The second kappa shape index (κ2) is 15.7. The van der Waals surface area contributed by atoms with Gasteiger partial charge in [-0.2, -0.15) is 34.8 Å². The zero-order valence-corrected chi connectivity index (χ0v) is 41.5. The first-order chi connectivity index (χ1) is 31.4. The molecule has 374 valence electrons. The predicted molar refractivity (Wildman–Crippen MR) is 244 cm³/mol. The standard InChI is InChI=1S/C50H60F6O9S3/c1-42(2,3)31-10-7-28(8-11-31)29-9-12-38(43(4,5)6)37(17-29)39-30-15-34-21-45(39,65-41(58)50(55,56)68(59,60)61)22-35(16-30)49(34)66-24-36(67-49)23-62-40(57)44-18-27-13-32(19-44)48(33(14-27)20-44)63-25-46(51,52)47(53,54)26-64-48/h7-12,17,27,30,32-36,39H,13-16,18-26H2,1-6H3,(H,59,60,61). The van der Waals surface area contributed by atoms with Gasteiger partial charge < -0.3 is 18.9 Å². The molecular weight excluding hydrogens is 955 g/mol. The minimum atomic E-state index is -6.16. The number of thioether (sulfide) groups is 2. The Labute approximate surface area is 402 Å². The molecule has 8 aliphatic carbocycles. The monoisotopic (exact) mass is 1010 g/mol. The normalized spacial score (nSPS) is 37.7. The van der Waals surface area contributed by atoms with E-state index in [1.807, 2.05) is 6.07 Å². The van der Waals surface area contributed by atoms with E-state index < -0.39 is 96.4 Å². The lowest BCUT2D eigenvalue weighted by atomic mass is 9.47. The summed E-state index contributed by atoms with van der Waals surface area (Å²) in [5.74, 6) is -14.4. The van der Waals surface area contributed by atoms with Crippen LogP contribution in [-0.4, -0.2) is 88.3 Å². The van der Waals surface area contributed by atoms with E-state index in [2.05, 4.69) is 77.9 Å². The number of hydrogen-bond donors (Lipinski definition) is 1. The van der Waals surface area contributed by atoms with Crippen LogP contribution < -0.4 is 0 Å². The van der Waals surface area contributed by atoms with Gasteiger partial charge in [-0.15, -0.1) is 23.5 Å². The number of rotatable bonds is 8. The molecule has 9 nitrogen and oxygen atoms in total. The van der Waals surface area contributed by atoms with E-state index in [-0.39, 0.29) is 66.6 Å². The molecule has 2 aliphatic heterocycles. The summed E-state index contributed by atoms with van der Waals surface area (Å²) in [7, 11) is -6.16. The van der Waals surface area contributed by atoms with Crippen LogP contribution in [0.4, 0.5) is 26.3 Å². The highest BCUT2D eigenvalue weighted by atomic mass is 32.2. The molecule has 10 aliphatic rings. The Kier molecular flexibility index (Phi) is 11.4. The molecule has 12 rings (SSSR count). The minimum absolute atomic E-state index is 0.0690. The van der Waals surface area contributed by atoms with Gasteiger partial charge in [0.2, 0.25) is 0 Å². The molecule has 18 heteroatoms. The number of carbonyl (C=O) groups excluding carboxylic acids is 2. The Bertz CT molecular complexity index is 2430. The molecule has 2 spiro atoms. The van der Waals surface area contributed by atoms with Crippen molar-refractivity contribution in [3.05, 3.63) is 59.2 Å². The molecular formula is C50H60F6O9S3. The van der Waals surface area contributed by atoms with Crippen LogP contribution in [-0.2, 0) is 49.5 Å². The van der Waals surface area contributed by atoms with E-state index in [0.29, 0.717) is 37.9 Å². The fourth-order valence-corrected chi connectivity index (χ4v) is 18.8. The SMILES string of the molecule is CC(C)(C)c1ccc(-c2ccc(C(C)(C)C)c(C3C4CC5CC3(OC(=O)C(F)(F)S(=O)(=O)O)CC(C4)C53SCC(COC(=O)C45CC6CC(C4)C4(OCC(F)(F)C(F)(F)CO4)C(C6)C5)S3)c2)cc1. The van der Waals surface area contributed by atoms with Crippen molar-refractivity contribution in [1.29, 1.82) is 0 Å². The van der Waals surface area contributed by atoms with Gasteiger partial charge in [0.25, 0.3) is 0 Å². The summed E-state index contributed by atoms with van der Waals surface area (Å²) in [5.41, 5.74) is 1.88. The van der Waals surface area contributed by atoms with Crippen molar-refractivity contribution in [3.8, 4) is 11.1 Å². The van der Waals surface area contributed by atoms with Crippen molar-refractivity contribution in [2.75, 3.05) is 25.6 Å². The van der Waals surface area contributed by atoms with Crippen LogP contribution in [0.15, 0.2) is 42.5 Å². The van der Waals surface area contributed by atoms with Gasteiger partial charge in [0, 0.05) is 28.8 Å². The average Bonchev–Trinajstić information content (AvgIpc) is 3.63. The first kappa shape index (κ1) is 49.1. The summed E-state index contributed by atoms with van der Waals surface area (Å²) < 4.78 is 145. The van der Waals surface area contributed by atoms with Crippen LogP contribution in [0.2, 0.25) is 0 Å². The smallest absolute Gasteiger partial charge is 0.464 e. The first-order valence-electron chi connectivity index (χ1n) is 23.8. The van der Waals surface area contributed by atoms with Crippen LogP contribution in [0, 0.1) is 40.9 Å². The fourth-order valence-electron chi connectivity index (χ4n) is 14.4. The van der Waals surface area contributed by atoms with Gasteiger partial charge in [-0.25, -0.2) is 4.79 Å². The summed E-state index contributed by atoms with van der Waals surface area (Å²) in [5, 5.41) is -5.34. The Morgan fingerprint density at radius 2 is 1.35 bits per heavy atom. The highest BCUT2D eigenvalue weighted by Crippen LogP contribution is 2.75. The van der Waals surface area contributed by atoms with Crippen molar-refractivity contribution in [1.82, 2.24) is 0 Å². The molecule has 8 saturated carbocycles. The van der Waals surface area contributed by atoms with Crippen LogP contribution in [0.3, 0.4) is 0 Å². The molecule has 10 fully saturated rings. The number of esters is 2. The largest absolute Gasteiger partial charge is 0.465 e. The van der Waals surface area contributed by atoms with E-state index in [0.717, 1.165) is 27.8 Å². The highest BCUT2D eigenvalue weighted by molar-refractivity contribution is 8.21. The molecule has 0 amide bonds. The van der Waals surface area contributed by atoms with Crippen molar-refractivity contribution in [2.24, 2.45) is 40.9 Å². The molecule has 0 radical (unpaired) electrons. The quantitative estimate of drug-likeness (QED) is 0.154. The second-order valence-corrected chi connectivity index (χ2v) is 28.1. The summed E-state index contributed by atoms with van der Waals surface area (Å²) in [6, 6.07) is 14.4. The van der Waals surface area contributed by atoms with Gasteiger partial charge in [-0.05, 0) is 120 Å². The van der Waals surface area contributed by atoms with E-state index in [4.69, 9.17) is 18.9 Å².